The third-order valence-electron chi connectivity index (χ3n) is 5.92. The Kier molecular flexibility index (Phi) is 9.32. The highest BCUT2D eigenvalue weighted by molar-refractivity contribution is 7.92. The fraction of sp³-hybridized carbons (Fsp3) is 0.500. The maximum absolute atomic E-state index is 12.6. The minimum atomic E-state index is -3.48. The summed E-state index contributed by atoms with van der Waals surface area (Å²) in [4.78, 5) is 12.6. The maximum atomic E-state index is 12.6. The van der Waals surface area contributed by atoms with E-state index in [9.17, 15) is 13.2 Å². The molecule has 0 aromatic heterocycles. The molecule has 0 saturated carbocycles. The molecule has 0 aliphatic carbocycles. The molecule has 0 unspecified atom stereocenters. The molecule has 2 aromatic carbocycles. The molecule has 1 N–H and O–H groups in total. The molecule has 0 fully saturated rings. The van der Waals surface area contributed by atoms with Crippen molar-refractivity contribution in [3.63, 3.8) is 0 Å². The largest absolute Gasteiger partial charge is 0.352 e. The topological polar surface area (TPSA) is 66.5 Å². The Morgan fingerprint density at radius 1 is 1.03 bits per heavy atom. The predicted octanol–water partition coefficient (Wildman–Crippen LogP) is 5.52. The second-order valence-corrected chi connectivity index (χ2v) is 10.7. The fourth-order valence-electron chi connectivity index (χ4n) is 4.14. The number of hydrogen-bond acceptors (Lipinski definition) is 3. The molecule has 0 aliphatic rings. The lowest BCUT2D eigenvalue weighted by molar-refractivity contribution is 0.0946. The van der Waals surface area contributed by atoms with Gasteiger partial charge in [0.2, 0.25) is 10.0 Å². The maximum Gasteiger partial charge on any atom is 0.251 e. The number of aryl methyl sites for hydroxylation is 3. The van der Waals surface area contributed by atoms with Crippen molar-refractivity contribution in [3.05, 3.63) is 64.2 Å². The van der Waals surface area contributed by atoms with Gasteiger partial charge in [0.1, 0.15) is 0 Å². The first-order chi connectivity index (χ1) is 15.1. The summed E-state index contributed by atoms with van der Waals surface area (Å²) in [6.45, 7) is 11.1. The zero-order valence-corrected chi connectivity index (χ0v) is 21.2. The molecule has 1 amide bonds. The number of unbranched alkanes of at least 4 members (excludes halogenated alkanes) is 1. The standard InChI is InChI=1S/C26H38N2O3S/c1-7-9-10-22(8-2)17-27-26(29)24-13-11-23(12-14-24)18-28(32(6,30)31)25-20(4)15-19(3)16-21(25)5/h11-16,22H,7-10,17-18H2,1-6H3,(H,27,29)/t22-/m0/s1. The second-order valence-electron chi connectivity index (χ2n) is 8.84. The number of benzene rings is 2. The molecule has 0 heterocycles. The van der Waals surface area contributed by atoms with Crippen LogP contribution in [0.15, 0.2) is 36.4 Å². The minimum Gasteiger partial charge on any atom is -0.352 e. The quantitative estimate of drug-likeness (QED) is 0.482. The number of nitrogens with zero attached hydrogens (tertiary/aromatic N) is 1. The van der Waals surface area contributed by atoms with Crippen LogP contribution in [-0.4, -0.2) is 27.1 Å². The van der Waals surface area contributed by atoms with Gasteiger partial charge in [0.25, 0.3) is 5.91 Å². The molecular weight excluding hydrogens is 420 g/mol. The molecule has 5 nitrogen and oxygen atoms in total. The normalized spacial score (nSPS) is 12.4. The van der Waals surface area contributed by atoms with Gasteiger partial charge in [0.15, 0.2) is 0 Å². The van der Waals surface area contributed by atoms with E-state index in [1.54, 1.807) is 12.1 Å². The van der Waals surface area contributed by atoms with E-state index in [-0.39, 0.29) is 12.5 Å². The number of carbonyl (C=O) groups is 1. The van der Waals surface area contributed by atoms with Crippen molar-refractivity contribution in [3.8, 4) is 0 Å². The zero-order chi connectivity index (χ0) is 23.9. The third-order valence-corrected chi connectivity index (χ3v) is 7.03. The van der Waals surface area contributed by atoms with Gasteiger partial charge in [-0.2, -0.15) is 0 Å². The van der Waals surface area contributed by atoms with Crippen LogP contribution in [-0.2, 0) is 16.6 Å². The first-order valence-electron chi connectivity index (χ1n) is 11.5. The van der Waals surface area contributed by atoms with Gasteiger partial charge < -0.3 is 5.32 Å². The second kappa shape index (κ2) is 11.5. The van der Waals surface area contributed by atoms with E-state index >= 15 is 0 Å². The fourth-order valence-corrected chi connectivity index (χ4v) is 5.14. The van der Waals surface area contributed by atoms with Gasteiger partial charge in [0.05, 0.1) is 18.5 Å². The lowest BCUT2D eigenvalue weighted by Crippen LogP contribution is -2.31. The van der Waals surface area contributed by atoms with E-state index in [0.29, 0.717) is 18.0 Å². The first-order valence-corrected chi connectivity index (χ1v) is 13.3. The van der Waals surface area contributed by atoms with Crippen molar-refractivity contribution in [1.29, 1.82) is 0 Å². The molecule has 176 valence electrons. The summed E-state index contributed by atoms with van der Waals surface area (Å²) in [5.74, 6) is 0.416. The summed E-state index contributed by atoms with van der Waals surface area (Å²) < 4.78 is 26.7. The minimum absolute atomic E-state index is 0.0864. The van der Waals surface area contributed by atoms with Crippen LogP contribution in [0.1, 0.15) is 72.1 Å². The molecule has 2 aromatic rings. The van der Waals surface area contributed by atoms with Gasteiger partial charge in [0, 0.05) is 12.1 Å². The Morgan fingerprint density at radius 3 is 2.12 bits per heavy atom. The average Bonchev–Trinajstić information content (AvgIpc) is 2.72. The Hall–Kier alpha value is -2.34. The molecular formula is C26H38N2O3S. The van der Waals surface area contributed by atoms with Gasteiger partial charge >= 0.3 is 0 Å². The molecule has 0 spiro atoms. The number of hydrogen-bond donors (Lipinski definition) is 1. The molecule has 32 heavy (non-hydrogen) atoms. The van der Waals surface area contributed by atoms with Gasteiger partial charge in [-0.25, -0.2) is 8.42 Å². The Balaban J connectivity index is 2.15. The molecule has 0 bridgehead atoms. The molecule has 0 saturated heterocycles. The zero-order valence-electron chi connectivity index (χ0n) is 20.4. The van der Waals surface area contributed by atoms with E-state index < -0.39 is 10.0 Å². The van der Waals surface area contributed by atoms with Crippen LogP contribution < -0.4 is 9.62 Å². The van der Waals surface area contributed by atoms with E-state index in [4.69, 9.17) is 0 Å². The monoisotopic (exact) mass is 458 g/mol. The van der Waals surface area contributed by atoms with E-state index in [0.717, 1.165) is 47.2 Å². The number of anilines is 1. The molecule has 1 atom stereocenters. The lowest BCUT2D eigenvalue weighted by atomic mass is 9.99. The SMILES string of the molecule is CCCC[C@H](CC)CNC(=O)c1ccc(CN(c2c(C)cc(C)cc2C)S(C)(=O)=O)cc1. The summed E-state index contributed by atoms with van der Waals surface area (Å²) in [5.41, 5.74) is 5.11. The summed E-state index contributed by atoms with van der Waals surface area (Å²) in [6, 6.07) is 11.2. The van der Waals surface area contributed by atoms with Crippen LogP contribution in [0.25, 0.3) is 0 Å². The number of rotatable bonds is 11. The Bertz CT molecular complexity index is 991. The van der Waals surface area contributed by atoms with Crippen LogP contribution in [0, 0.1) is 26.7 Å². The molecule has 2 rings (SSSR count). The molecule has 0 radical (unpaired) electrons. The van der Waals surface area contributed by atoms with Crippen LogP contribution in [0.2, 0.25) is 0 Å². The number of nitrogens with one attached hydrogen (secondary N) is 1. The highest BCUT2D eigenvalue weighted by Gasteiger charge is 2.22. The summed E-state index contributed by atoms with van der Waals surface area (Å²) >= 11 is 0. The van der Waals surface area contributed by atoms with Gasteiger partial charge in [-0.1, -0.05) is 62.9 Å². The van der Waals surface area contributed by atoms with Crippen molar-refractivity contribution in [2.75, 3.05) is 17.1 Å². The first kappa shape index (κ1) is 25.9. The van der Waals surface area contributed by atoms with Gasteiger partial charge in [-0.3, -0.25) is 9.10 Å². The van der Waals surface area contributed by atoms with Crippen LogP contribution in [0.4, 0.5) is 5.69 Å². The number of sulfonamides is 1. The number of carbonyl (C=O) groups excluding carboxylic acids is 1. The summed E-state index contributed by atoms with van der Waals surface area (Å²) in [5, 5.41) is 3.04. The average molecular weight is 459 g/mol. The van der Waals surface area contributed by atoms with Gasteiger partial charge in [-0.05, 0) is 61.9 Å². The predicted molar refractivity (Wildman–Crippen MR) is 134 cm³/mol. The Morgan fingerprint density at radius 2 is 1.62 bits per heavy atom. The van der Waals surface area contributed by atoms with E-state index in [1.807, 2.05) is 45.0 Å². The summed E-state index contributed by atoms with van der Waals surface area (Å²) in [6.07, 6.45) is 5.76. The van der Waals surface area contributed by atoms with Crippen LogP contribution >= 0.6 is 0 Å². The summed E-state index contributed by atoms with van der Waals surface area (Å²) in [7, 11) is -3.48. The molecule has 6 heteroatoms. The van der Waals surface area contributed by atoms with Crippen molar-refractivity contribution in [1.82, 2.24) is 5.32 Å². The van der Waals surface area contributed by atoms with Crippen molar-refractivity contribution in [2.45, 2.75) is 66.8 Å². The van der Waals surface area contributed by atoms with Crippen LogP contribution in [0.3, 0.4) is 0 Å². The van der Waals surface area contributed by atoms with E-state index in [1.165, 1.54) is 17.0 Å². The highest BCUT2D eigenvalue weighted by Crippen LogP contribution is 2.29. The van der Waals surface area contributed by atoms with E-state index in [2.05, 4.69) is 19.2 Å². The van der Waals surface area contributed by atoms with Crippen LogP contribution in [0.5, 0.6) is 0 Å². The van der Waals surface area contributed by atoms with Crippen molar-refractivity contribution < 1.29 is 13.2 Å². The lowest BCUT2D eigenvalue weighted by Gasteiger charge is -2.26. The van der Waals surface area contributed by atoms with Gasteiger partial charge in [-0.15, -0.1) is 0 Å². The Labute approximate surface area is 194 Å². The highest BCUT2D eigenvalue weighted by atomic mass is 32.2. The smallest absolute Gasteiger partial charge is 0.251 e. The van der Waals surface area contributed by atoms with Crippen molar-refractivity contribution >= 4 is 21.6 Å². The van der Waals surface area contributed by atoms with Crippen molar-refractivity contribution in [2.24, 2.45) is 5.92 Å². The molecule has 0 aliphatic heterocycles. The third kappa shape index (κ3) is 7.09. The number of amides is 1.